The molecule has 4 aromatic rings. The van der Waals surface area contributed by atoms with E-state index in [1.807, 2.05) is 0 Å². The Morgan fingerprint density at radius 3 is 1.24 bits per heavy atom. The van der Waals surface area contributed by atoms with E-state index in [1.165, 1.54) is 77.9 Å². The van der Waals surface area contributed by atoms with Crippen LogP contribution in [0.2, 0.25) is 13.1 Å². The molecule has 0 N–H and O–H groups in total. The normalized spacial score (nSPS) is 17.5. The van der Waals surface area contributed by atoms with Crippen LogP contribution in [0.4, 0.5) is 0 Å². The molecule has 4 aromatic carbocycles. The number of hydrogen-bond donors (Lipinski definition) is 0. The Balaban J connectivity index is 1.67. The second kappa shape index (κ2) is 16.9. The first-order valence-electron chi connectivity index (χ1n) is 21.3. The Hall–Kier alpha value is -1.96. The number of halogens is 2. The van der Waals surface area contributed by atoms with Crippen molar-refractivity contribution in [1.29, 1.82) is 0 Å². The van der Waals surface area contributed by atoms with Crippen molar-refractivity contribution < 1.29 is 15.6 Å². The van der Waals surface area contributed by atoms with Crippen LogP contribution in [-0.4, -0.2) is 5.92 Å². The molecule has 0 radical (unpaired) electrons. The average molecular weight is 856 g/mol. The van der Waals surface area contributed by atoms with Gasteiger partial charge in [-0.2, -0.15) is 0 Å². The molecule has 0 saturated carbocycles. The zero-order chi connectivity index (χ0) is 39.0. The summed E-state index contributed by atoms with van der Waals surface area (Å²) in [7, 11) is 18.0. The molecule has 6 rings (SSSR count). The maximum absolute atomic E-state index is 8.98. The van der Waals surface area contributed by atoms with Crippen LogP contribution in [0.3, 0.4) is 0 Å². The van der Waals surface area contributed by atoms with Crippen LogP contribution in [0.15, 0.2) is 83.9 Å². The molecular weight excluding hydrogens is 791 g/mol. The van der Waals surface area contributed by atoms with Crippen LogP contribution in [0.5, 0.6) is 0 Å². The molecular formula is C50H65Cl2SiZr. The van der Waals surface area contributed by atoms with Crippen molar-refractivity contribution in [2.75, 3.05) is 0 Å². The molecule has 4 heteroatoms. The van der Waals surface area contributed by atoms with Gasteiger partial charge in [0.1, 0.15) is 0 Å². The fraction of sp³-hybridized carbons (Fsp3) is 0.440. The average Bonchev–Trinajstić information content (AvgIpc) is 3.71. The molecule has 0 saturated heterocycles. The summed E-state index contributed by atoms with van der Waals surface area (Å²) in [5.41, 5.74) is 20.0. The van der Waals surface area contributed by atoms with Crippen LogP contribution in [0, 0.1) is 0 Å². The SMILES string of the molecule is CCCC1=Cc2c(ccc(CCC)c2-c2ccccc2C(C)C)[CH]1[Zr]([Cl])([Cl])([CH]1C(CCC)=Cc2c1ccc(CCC)c2-c1ccccc1C(C)C)[SiH](C)C. The van der Waals surface area contributed by atoms with Gasteiger partial charge in [-0.15, -0.1) is 0 Å². The fourth-order valence-electron chi connectivity index (χ4n) is 10.3. The topological polar surface area (TPSA) is 0 Å². The van der Waals surface area contributed by atoms with E-state index in [9.17, 15) is 0 Å². The Morgan fingerprint density at radius 2 is 0.907 bits per heavy atom. The molecule has 0 heterocycles. The number of rotatable bonds is 15. The number of fused-ring (bicyclic) bond motifs is 2. The van der Waals surface area contributed by atoms with Gasteiger partial charge in [0.25, 0.3) is 0 Å². The van der Waals surface area contributed by atoms with Gasteiger partial charge in [0.2, 0.25) is 0 Å². The first-order chi connectivity index (χ1) is 25.8. The Bertz CT molecular complexity index is 1920. The van der Waals surface area contributed by atoms with Gasteiger partial charge in [0.15, 0.2) is 0 Å². The van der Waals surface area contributed by atoms with Crippen LogP contribution in [-0.2, 0) is 28.4 Å². The summed E-state index contributed by atoms with van der Waals surface area (Å²) in [6, 6.07) is 28.2. The van der Waals surface area contributed by atoms with Crippen molar-refractivity contribution in [3.05, 3.63) is 128 Å². The Kier molecular flexibility index (Phi) is 13.0. The van der Waals surface area contributed by atoms with Gasteiger partial charge in [-0.3, -0.25) is 0 Å². The summed E-state index contributed by atoms with van der Waals surface area (Å²) in [4.78, 5) is 0. The fourth-order valence-corrected chi connectivity index (χ4v) is 41.8. The number of allylic oxidation sites excluding steroid dienone is 2. The van der Waals surface area contributed by atoms with Gasteiger partial charge in [0.05, 0.1) is 0 Å². The first kappa shape index (κ1) is 41.7. The van der Waals surface area contributed by atoms with Crippen molar-refractivity contribution in [2.24, 2.45) is 0 Å². The maximum atomic E-state index is 8.98. The molecule has 0 fully saturated rings. The van der Waals surface area contributed by atoms with Crippen molar-refractivity contribution in [1.82, 2.24) is 0 Å². The molecule has 287 valence electrons. The van der Waals surface area contributed by atoms with Gasteiger partial charge >= 0.3 is 340 Å². The van der Waals surface area contributed by atoms with Gasteiger partial charge in [0, 0.05) is 0 Å². The predicted octanol–water partition coefficient (Wildman–Crippen LogP) is 16.3. The molecule has 2 atom stereocenters. The van der Waals surface area contributed by atoms with Crippen LogP contribution >= 0.6 is 17.0 Å². The third-order valence-electron chi connectivity index (χ3n) is 12.8. The summed E-state index contributed by atoms with van der Waals surface area (Å²) in [5.74, 6) is -0.827. The van der Waals surface area contributed by atoms with E-state index in [0.29, 0.717) is 11.8 Å². The third kappa shape index (κ3) is 7.12. The third-order valence-corrected chi connectivity index (χ3v) is 64.6. The summed E-state index contributed by atoms with van der Waals surface area (Å²) in [6.07, 6.45) is 13.8. The second-order valence-corrected chi connectivity index (χ2v) is 59.9. The van der Waals surface area contributed by atoms with Gasteiger partial charge in [-0.1, -0.05) is 0 Å². The molecule has 2 aliphatic rings. The molecule has 54 heavy (non-hydrogen) atoms. The molecule has 2 unspecified atom stereocenters. The van der Waals surface area contributed by atoms with E-state index in [-0.39, 0.29) is 7.25 Å². The zero-order valence-electron chi connectivity index (χ0n) is 34.9. The van der Waals surface area contributed by atoms with Gasteiger partial charge in [-0.25, -0.2) is 0 Å². The zero-order valence-corrected chi connectivity index (χ0v) is 40.0. The van der Waals surface area contributed by atoms with Crippen molar-refractivity contribution >= 4 is 35.1 Å². The number of aryl methyl sites for hydroxylation is 2. The standard InChI is InChI=1S/2C24H29.C2H7Si.2ClH.Zr/c2*1-5-9-18-15-20-14-13-19(10-6-2)24(23(20)16-18)22-12-8-7-11-21(22)17(3)4;1-3-2;;;/h2*7-8,11-17H,5-6,9-10H2,1-4H3;3H,1-2H3;2*1H;/q;;;;;+2/p-2. The molecule has 0 aromatic heterocycles. The molecule has 0 spiro atoms. The first-order valence-corrected chi connectivity index (χ1v) is 37.6. The monoisotopic (exact) mass is 853 g/mol. The summed E-state index contributed by atoms with van der Waals surface area (Å²) < 4.78 is 0.213. The summed E-state index contributed by atoms with van der Waals surface area (Å²) in [6.45, 7) is 23.6. The van der Waals surface area contributed by atoms with Crippen molar-refractivity contribution in [3.8, 4) is 22.3 Å². The number of hydrogen-bond acceptors (Lipinski definition) is 0. The molecule has 0 aliphatic heterocycles. The van der Waals surface area contributed by atoms with E-state index in [0.717, 1.165) is 51.4 Å². The van der Waals surface area contributed by atoms with Crippen LogP contribution in [0.1, 0.15) is 158 Å². The number of benzene rings is 4. The van der Waals surface area contributed by atoms with E-state index in [4.69, 9.17) is 17.0 Å². The van der Waals surface area contributed by atoms with Crippen LogP contribution < -0.4 is 0 Å². The minimum absolute atomic E-state index is 0.106. The molecule has 2 aliphatic carbocycles. The van der Waals surface area contributed by atoms with Crippen molar-refractivity contribution in [2.45, 2.75) is 139 Å². The molecule has 0 nitrogen and oxygen atoms in total. The quantitative estimate of drug-likeness (QED) is 0.105. The van der Waals surface area contributed by atoms with Crippen LogP contribution in [0.25, 0.3) is 34.4 Å². The Morgan fingerprint density at radius 1 is 0.537 bits per heavy atom. The Labute approximate surface area is 337 Å². The molecule has 0 amide bonds. The minimum atomic E-state index is -4.96. The van der Waals surface area contributed by atoms with E-state index in [2.05, 4.69) is 153 Å². The van der Waals surface area contributed by atoms with E-state index in [1.54, 1.807) is 0 Å². The molecule has 0 bridgehead atoms. The predicted molar refractivity (Wildman–Crippen MR) is 242 cm³/mol. The van der Waals surface area contributed by atoms with E-state index >= 15 is 0 Å². The van der Waals surface area contributed by atoms with Crippen molar-refractivity contribution in [3.63, 3.8) is 0 Å². The van der Waals surface area contributed by atoms with Gasteiger partial charge in [-0.05, 0) is 0 Å². The second-order valence-electron chi connectivity index (χ2n) is 17.4. The van der Waals surface area contributed by atoms with Gasteiger partial charge < -0.3 is 0 Å². The summed E-state index contributed by atoms with van der Waals surface area (Å²) >= 11 is -4.96. The van der Waals surface area contributed by atoms with E-state index < -0.39 is 21.5 Å². The summed E-state index contributed by atoms with van der Waals surface area (Å²) in [5, 5.41) is 0.